The summed E-state index contributed by atoms with van der Waals surface area (Å²) in [5.74, 6) is 2.36. The number of benzene rings is 1. The van der Waals surface area contributed by atoms with Crippen LogP contribution in [0.5, 0.6) is 5.75 Å². The molecule has 23 heavy (non-hydrogen) atoms. The summed E-state index contributed by atoms with van der Waals surface area (Å²) in [5.41, 5.74) is 2.84. The van der Waals surface area contributed by atoms with Gasteiger partial charge >= 0.3 is 0 Å². The van der Waals surface area contributed by atoms with Crippen molar-refractivity contribution in [1.29, 1.82) is 0 Å². The molecule has 2 heterocycles. The van der Waals surface area contributed by atoms with Crippen LogP contribution >= 0.6 is 11.8 Å². The van der Waals surface area contributed by atoms with Crippen LogP contribution < -0.4 is 4.74 Å². The van der Waals surface area contributed by atoms with E-state index in [1.165, 1.54) is 0 Å². The molecule has 0 unspecified atom stereocenters. The van der Waals surface area contributed by atoms with Gasteiger partial charge in [0, 0.05) is 30.8 Å². The Bertz CT molecular complexity index is 783. The van der Waals surface area contributed by atoms with Crippen LogP contribution in [0.25, 0.3) is 11.4 Å². The average Bonchev–Trinajstić information content (AvgIpc) is 2.95. The van der Waals surface area contributed by atoms with Gasteiger partial charge in [0.15, 0.2) is 11.0 Å². The normalized spacial score (nSPS) is 10.7. The van der Waals surface area contributed by atoms with Crippen LogP contribution in [0.15, 0.2) is 41.8 Å². The van der Waals surface area contributed by atoms with Crippen LogP contribution in [-0.4, -0.2) is 31.8 Å². The number of aryl methyl sites for hydroxylation is 1. The Hall–Kier alpha value is -2.41. The Morgan fingerprint density at radius 2 is 1.87 bits per heavy atom. The highest BCUT2D eigenvalue weighted by molar-refractivity contribution is 7.98. The molecular formula is C16H17N5OS. The Kier molecular flexibility index (Phi) is 4.57. The topological polar surface area (TPSA) is 65.7 Å². The highest BCUT2D eigenvalue weighted by Gasteiger charge is 2.11. The summed E-state index contributed by atoms with van der Waals surface area (Å²) >= 11 is 1.59. The summed E-state index contributed by atoms with van der Waals surface area (Å²) < 4.78 is 7.16. The van der Waals surface area contributed by atoms with E-state index in [-0.39, 0.29) is 0 Å². The fourth-order valence-corrected chi connectivity index (χ4v) is 2.87. The van der Waals surface area contributed by atoms with E-state index >= 15 is 0 Å². The van der Waals surface area contributed by atoms with E-state index in [4.69, 9.17) is 4.74 Å². The second-order valence-corrected chi connectivity index (χ2v) is 5.97. The molecule has 0 saturated heterocycles. The molecule has 0 aliphatic carbocycles. The van der Waals surface area contributed by atoms with Gasteiger partial charge < -0.3 is 9.30 Å². The summed E-state index contributed by atoms with van der Waals surface area (Å²) in [4.78, 5) is 8.60. The van der Waals surface area contributed by atoms with Crippen LogP contribution in [-0.2, 0) is 12.8 Å². The molecular weight excluding hydrogens is 310 g/mol. The number of aromatic nitrogens is 5. The number of methoxy groups -OCH3 is 1. The zero-order chi connectivity index (χ0) is 16.2. The molecule has 0 fully saturated rings. The molecule has 0 spiro atoms. The lowest BCUT2D eigenvalue weighted by Gasteiger charge is -2.05. The zero-order valence-electron chi connectivity index (χ0n) is 13.2. The van der Waals surface area contributed by atoms with E-state index in [2.05, 4.69) is 20.2 Å². The van der Waals surface area contributed by atoms with Gasteiger partial charge in [-0.05, 0) is 31.2 Å². The first kappa shape index (κ1) is 15.5. The fraction of sp³-hybridized carbons (Fsp3) is 0.250. The maximum atomic E-state index is 5.18. The third-order valence-electron chi connectivity index (χ3n) is 3.37. The predicted octanol–water partition coefficient (Wildman–Crippen LogP) is 2.88. The first-order chi connectivity index (χ1) is 11.2. The van der Waals surface area contributed by atoms with Crippen LogP contribution in [0.1, 0.15) is 11.4 Å². The van der Waals surface area contributed by atoms with Gasteiger partial charge in [0.05, 0.1) is 18.5 Å². The summed E-state index contributed by atoms with van der Waals surface area (Å²) in [5, 5.41) is 9.39. The molecule has 0 bridgehead atoms. The average molecular weight is 327 g/mol. The number of thioether (sulfide) groups is 1. The molecule has 0 amide bonds. The Morgan fingerprint density at radius 1 is 1.09 bits per heavy atom. The van der Waals surface area contributed by atoms with E-state index in [0.717, 1.165) is 33.7 Å². The Labute approximate surface area is 139 Å². The van der Waals surface area contributed by atoms with Crippen LogP contribution in [0.4, 0.5) is 0 Å². The predicted molar refractivity (Wildman–Crippen MR) is 89.3 cm³/mol. The second-order valence-electron chi connectivity index (χ2n) is 5.03. The van der Waals surface area contributed by atoms with E-state index in [1.807, 2.05) is 42.8 Å². The largest absolute Gasteiger partial charge is 0.497 e. The smallest absolute Gasteiger partial charge is 0.191 e. The summed E-state index contributed by atoms with van der Waals surface area (Å²) in [6, 6.07) is 7.78. The third kappa shape index (κ3) is 3.50. The van der Waals surface area contributed by atoms with Crippen molar-refractivity contribution in [2.45, 2.75) is 17.8 Å². The maximum Gasteiger partial charge on any atom is 0.191 e. The Morgan fingerprint density at radius 3 is 2.52 bits per heavy atom. The van der Waals surface area contributed by atoms with Crippen molar-refractivity contribution in [2.75, 3.05) is 7.11 Å². The van der Waals surface area contributed by atoms with Crippen LogP contribution in [0.3, 0.4) is 0 Å². The van der Waals surface area contributed by atoms with Crippen molar-refractivity contribution in [3.63, 3.8) is 0 Å². The number of ether oxygens (including phenoxy) is 1. The monoisotopic (exact) mass is 327 g/mol. The second kappa shape index (κ2) is 6.78. The number of rotatable bonds is 5. The maximum absolute atomic E-state index is 5.18. The van der Waals surface area contributed by atoms with Crippen molar-refractivity contribution < 1.29 is 4.74 Å². The Balaban J connectivity index is 1.74. The third-order valence-corrected chi connectivity index (χ3v) is 4.42. The van der Waals surface area contributed by atoms with Crippen molar-refractivity contribution in [3.05, 3.63) is 48.0 Å². The molecule has 7 heteroatoms. The van der Waals surface area contributed by atoms with Gasteiger partial charge in [-0.25, -0.2) is 0 Å². The van der Waals surface area contributed by atoms with Crippen LogP contribution in [0.2, 0.25) is 0 Å². The van der Waals surface area contributed by atoms with Crippen LogP contribution in [0, 0.1) is 6.92 Å². The molecule has 0 aliphatic rings. The first-order valence-corrected chi connectivity index (χ1v) is 8.10. The number of hydrogen-bond donors (Lipinski definition) is 0. The minimum Gasteiger partial charge on any atom is -0.497 e. The number of hydrogen-bond acceptors (Lipinski definition) is 6. The molecule has 0 atom stereocenters. The molecule has 0 saturated carbocycles. The summed E-state index contributed by atoms with van der Waals surface area (Å²) in [6.45, 7) is 1.92. The van der Waals surface area contributed by atoms with Gasteiger partial charge in [0.2, 0.25) is 0 Å². The summed E-state index contributed by atoms with van der Waals surface area (Å²) in [7, 11) is 3.61. The minimum atomic E-state index is 0.710. The van der Waals surface area contributed by atoms with Gasteiger partial charge in [0.1, 0.15) is 5.75 Å². The molecule has 3 aromatic rings. The molecule has 1 aromatic carbocycles. The molecule has 2 aromatic heterocycles. The quantitative estimate of drug-likeness (QED) is 0.671. The van der Waals surface area contributed by atoms with Gasteiger partial charge in [0.25, 0.3) is 0 Å². The SMILES string of the molecule is COc1ccc(-c2nnc(SCc3cnc(C)cn3)n2C)cc1. The van der Waals surface area contributed by atoms with Gasteiger partial charge in [-0.15, -0.1) is 10.2 Å². The molecule has 6 nitrogen and oxygen atoms in total. The molecule has 0 radical (unpaired) electrons. The number of nitrogens with zero attached hydrogens (tertiary/aromatic N) is 5. The first-order valence-electron chi connectivity index (χ1n) is 7.11. The molecule has 3 rings (SSSR count). The van der Waals surface area contributed by atoms with Crippen molar-refractivity contribution in [2.24, 2.45) is 7.05 Å². The lowest BCUT2D eigenvalue weighted by atomic mass is 10.2. The van der Waals surface area contributed by atoms with Gasteiger partial charge in [-0.1, -0.05) is 11.8 Å². The van der Waals surface area contributed by atoms with Crippen molar-refractivity contribution >= 4 is 11.8 Å². The van der Waals surface area contributed by atoms with E-state index < -0.39 is 0 Å². The van der Waals surface area contributed by atoms with E-state index in [9.17, 15) is 0 Å². The van der Waals surface area contributed by atoms with Crippen molar-refractivity contribution in [3.8, 4) is 17.1 Å². The highest BCUT2D eigenvalue weighted by atomic mass is 32.2. The highest BCUT2D eigenvalue weighted by Crippen LogP contribution is 2.25. The van der Waals surface area contributed by atoms with E-state index in [0.29, 0.717) is 5.75 Å². The fourth-order valence-electron chi connectivity index (χ4n) is 2.06. The standard InChI is InChI=1S/C16H17N5OS/c1-11-8-18-13(9-17-11)10-23-16-20-19-15(21(16)2)12-4-6-14(22-3)7-5-12/h4-9H,10H2,1-3H3. The summed E-state index contributed by atoms with van der Waals surface area (Å²) in [6.07, 6.45) is 3.57. The minimum absolute atomic E-state index is 0.710. The van der Waals surface area contributed by atoms with Crippen molar-refractivity contribution in [1.82, 2.24) is 24.7 Å². The molecule has 0 N–H and O–H groups in total. The lowest BCUT2D eigenvalue weighted by Crippen LogP contribution is -1.96. The van der Waals surface area contributed by atoms with Gasteiger partial charge in [-0.2, -0.15) is 0 Å². The van der Waals surface area contributed by atoms with Gasteiger partial charge in [-0.3, -0.25) is 9.97 Å². The zero-order valence-corrected chi connectivity index (χ0v) is 14.0. The molecule has 0 aliphatic heterocycles. The lowest BCUT2D eigenvalue weighted by molar-refractivity contribution is 0.415. The molecule has 118 valence electrons. The van der Waals surface area contributed by atoms with E-state index in [1.54, 1.807) is 31.3 Å².